The lowest BCUT2D eigenvalue weighted by Gasteiger charge is -2.32. The number of Topliss-reactive ketones (excluding diaryl/α,β-unsaturated/α-hetero) is 1. The molecule has 1 heterocycles. The van der Waals surface area contributed by atoms with Crippen LogP contribution in [0.25, 0.3) is 0 Å². The molecular formula is C24H30FN2O4+. The molecule has 0 unspecified atom stereocenters. The van der Waals surface area contributed by atoms with Crippen molar-refractivity contribution < 1.29 is 28.4 Å². The average molecular weight is 430 g/mol. The number of hydrogen-bond donors (Lipinski definition) is 2. The lowest BCUT2D eigenvalue weighted by molar-refractivity contribution is -0.937. The zero-order chi connectivity index (χ0) is 22.1. The lowest BCUT2D eigenvalue weighted by atomic mass is 10.0. The Morgan fingerprint density at radius 3 is 2.39 bits per heavy atom. The van der Waals surface area contributed by atoms with E-state index < -0.39 is 0 Å². The molecule has 0 spiro atoms. The Morgan fingerprint density at radius 1 is 1.06 bits per heavy atom. The van der Waals surface area contributed by atoms with Gasteiger partial charge >= 0.3 is 0 Å². The highest BCUT2D eigenvalue weighted by Crippen LogP contribution is 2.14. The minimum atomic E-state index is -0.281. The maximum Gasteiger partial charge on any atom is 0.220 e. The van der Waals surface area contributed by atoms with E-state index in [4.69, 9.17) is 9.47 Å². The van der Waals surface area contributed by atoms with Gasteiger partial charge in [-0.2, -0.15) is 0 Å². The van der Waals surface area contributed by atoms with Crippen molar-refractivity contribution in [2.75, 3.05) is 39.5 Å². The number of carbonyl (C=O) groups is 2. The average Bonchev–Trinajstić information content (AvgIpc) is 2.80. The van der Waals surface area contributed by atoms with Crippen molar-refractivity contribution in [1.29, 1.82) is 0 Å². The van der Waals surface area contributed by atoms with Gasteiger partial charge in [-0.1, -0.05) is 12.1 Å². The molecule has 3 rings (SSSR count). The van der Waals surface area contributed by atoms with Crippen LogP contribution < -0.4 is 15.0 Å². The standard InChI is InChI=1S/C24H29FN2O4/c1-2-31-21-9-5-19(6-10-21)23(28)11-12-24(29)26-17-22(27-13-15-30-16-14-27)18-3-7-20(25)8-4-18/h3-10,22H,2,11-17H2,1H3,(H,26,29)/p+1/t22-/m0/s1. The molecule has 1 amide bonds. The Morgan fingerprint density at radius 2 is 1.74 bits per heavy atom. The van der Waals surface area contributed by atoms with E-state index in [9.17, 15) is 14.0 Å². The van der Waals surface area contributed by atoms with Gasteiger partial charge in [0.1, 0.15) is 30.7 Å². The smallest absolute Gasteiger partial charge is 0.220 e. The molecule has 1 aliphatic rings. The Bertz CT molecular complexity index is 849. The molecule has 0 radical (unpaired) electrons. The van der Waals surface area contributed by atoms with Crippen molar-refractivity contribution in [2.45, 2.75) is 25.8 Å². The van der Waals surface area contributed by atoms with E-state index in [-0.39, 0.29) is 36.4 Å². The number of amides is 1. The molecule has 1 fully saturated rings. The number of benzene rings is 2. The van der Waals surface area contributed by atoms with Crippen molar-refractivity contribution in [2.24, 2.45) is 0 Å². The summed E-state index contributed by atoms with van der Waals surface area (Å²) in [5.74, 6) is 0.191. The summed E-state index contributed by atoms with van der Waals surface area (Å²) >= 11 is 0. The van der Waals surface area contributed by atoms with Crippen molar-refractivity contribution in [3.63, 3.8) is 0 Å². The second-order valence-corrected chi connectivity index (χ2v) is 7.56. The Kier molecular flexibility index (Phi) is 8.55. The van der Waals surface area contributed by atoms with Crippen LogP contribution in [-0.2, 0) is 9.53 Å². The number of hydrogen-bond acceptors (Lipinski definition) is 4. The van der Waals surface area contributed by atoms with E-state index in [2.05, 4.69) is 5.32 Å². The highest BCUT2D eigenvalue weighted by molar-refractivity contribution is 5.98. The van der Waals surface area contributed by atoms with Crippen LogP contribution in [0.1, 0.15) is 41.7 Å². The van der Waals surface area contributed by atoms with E-state index in [1.807, 2.05) is 6.92 Å². The summed E-state index contributed by atoms with van der Waals surface area (Å²) in [4.78, 5) is 26.1. The highest BCUT2D eigenvalue weighted by atomic mass is 19.1. The van der Waals surface area contributed by atoms with Crippen molar-refractivity contribution in [3.05, 3.63) is 65.5 Å². The molecule has 2 aromatic carbocycles. The monoisotopic (exact) mass is 429 g/mol. The SMILES string of the molecule is CCOc1ccc(C(=O)CCC(=O)NC[C@@H](c2ccc(F)cc2)[NH+]2CCOCC2)cc1. The number of rotatable bonds is 10. The van der Waals surface area contributed by atoms with Gasteiger partial charge in [0, 0.05) is 24.0 Å². The first-order valence-corrected chi connectivity index (χ1v) is 10.8. The van der Waals surface area contributed by atoms with Gasteiger partial charge in [-0.05, 0) is 43.3 Å². The first-order chi connectivity index (χ1) is 15.1. The van der Waals surface area contributed by atoms with Gasteiger partial charge < -0.3 is 19.7 Å². The maximum absolute atomic E-state index is 13.3. The third-order valence-corrected chi connectivity index (χ3v) is 5.47. The molecular weight excluding hydrogens is 399 g/mol. The molecule has 0 saturated carbocycles. The Balaban J connectivity index is 1.52. The molecule has 2 N–H and O–H groups in total. The third kappa shape index (κ3) is 6.87. The van der Waals surface area contributed by atoms with Crippen LogP contribution in [0.2, 0.25) is 0 Å². The summed E-state index contributed by atoms with van der Waals surface area (Å²) in [6.07, 6.45) is 0.270. The molecule has 31 heavy (non-hydrogen) atoms. The number of morpholine rings is 1. The van der Waals surface area contributed by atoms with Crippen LogP contribution in [0.3, 0.4) is 0 Å². The second-order valence-electron chi connectivity index (χ2n) is 7.56. The summed E-state index contributed by atoms with van der Waals surface area (Å²) in [6.45, 7) is 5.88. The predicted molar refractivity (Wildman–Crippen MR) is 115 cm³/mol. The molecule has 7 heteroatoms. The van der Waals surface area contributed by atoms with E-state index in [0.29, 0.717) is 37.7 Å². The largest absolute Gasteiger partial charge is 0.494 e. The topological polar surface area (TPSA) is 69.1 Å². The third-order valence-electron chi connectivity index (χ3n) is 5.47. The summed E-state index contributed by atoms with van der Waals surface area (Å²) in [6, 6.07) is 13.4. The number of halogens is 1. The van der Waals surface area contributed by atoms with E-state index >= 15 is 0 Å². The van der Waals surface area contributed by atoms with E-state index in [0.717, 1.165) is 18.7 Å². The van der Waals surface area contributed by atoms with Crippen LogP contribution in [0, 0.1) is 5.82 Å². The number of quaternary nitrogens is 1. The number of nitrogens with one attached hydrogen (secondary N) is 2. The summed E-state index contributed by atoms with van der Waals surface area (Å²) in [7, 11) is 0. The normalized spacial score (nSPS) is 15.3. The fourth-order valence-corrected chi connectivity index (χ4v) is 3.75. The molecule has 0 aliphatic carbocycles. The van der Waals surface area contributed by atoms with Crippen molar-refractivity contribution in [1.82, 2.24) is 5.32 Å². The summed E-state index contributed by atoms with van der Waals surface area (Å²) in [5, 5.41) is 2.96. The van der Waals surface area contributed by atoms with Gasteiger partial charge in [0.25, 0.3) is 0 Å². The van der Waals surface area contributed by atoms with Crippen LogP contribution >= 0.6 is 0 Å². The van der Waals surface area contributed by atoms with Crippen molar-refractivity contribution in [3.8, 4) is 5.75 Å². The highest BCUT2D eigenvalue weighted by Gasteiger charge is 2.27. The zero-order valence-corrected chi connectivity index (χ0v) is 17.9. The van der Waals surface area contributed by atoms with E-state index in [1.54, 1.807) is 36.4 Å². The zero-order valence-electron chi connectivity index (χ0n) is 17.9. The molecule has 0 aromatic heterocycles. The van der Waals surface area contributed by atoms with Crippen molar-refractivity contribution >= 4 is 11.7 Å². The van der Waals surface area contributed by atoms with Gasteiger partial charge in [0.15, 0.2) is 5.78 Å². The van der Waals surface area contributed by atoms with Gasteiger partial charge in [0.2, 0.25) is 5.91 Å². The predicted octanol–water partition coefficient (Wildman–Crippen LogP) is 1.96. The number of ether oxygens (including phenoxy) is 2. The van der Waals surface area contributed by atoms with Crippen LogP contribution in [-0.4, -0.2) is 51.1 Å². The summed E-state index contributed by atoms with van der Waals surface area (Å²) < 4.78 is 24.2. The fourth-order valence-electron chi connectivity index (χ4n) is 3.75. The van der Waals surface area contributed by atoms with Crippen LogP contribution in [0.5, 0.6) is 5.75 Å². The minimum Gasteiger partial charge on any atom is -0.494 e. The quantitative estimate of drug-likeness (QED) is 0.567. The van der Waals surface area contributed by atoms with Gasteiger partial charge in [-0.15, -0.1) is 0 Å². The minimum absolute atomic E-state index is 0.00950. The van der Waals surface area contributed by atoms with Gasteiger partial charge in [0.05, 0.1) is 26.4 Å². The van der Waals surface area contributed by atoms with E-state index in [1.165, 1.54) is 17.0 Å². The Labute approximate surface area is 182 Å². The first kappa shape index (κ1) is 22.9. The molecule has 2 aromatic rings. The fraction of sp³-hybridized carbons (Fsp3) is 0.417. The van der Waals surface area contributed by atoms with Gasteiger partial charge in [-0.25, -0.2) is 4.39 Å². The molecule has 0 bridgehead atoms. The molecule has 1 saturated heterocycles. The first-order valence-electron chi connectivity index (χ1n) is 10.8. The van der Waals surface area contributed by atoms with Crippen LogP contribution in [0.4, 0.5) is 4.39 Å². The summed E-state index contributed by atoms with van der Waals surface area (Å²) in [5.41, 5.74) is 1.54. The molecule has 6 nitrogen and oxygen atoms in total. The lowest BCUT2D eigenvalue weighted by Crippen LogP contribution is -3.15. The van der Waals surface area contributed by atoms with Crippen LogP contribution in [0.15, 0.2) is 48.5 Å². The molecule has 1 atom stereocenters. The molecule has 1 aliphatic heterocycles. The van der Waals surface area contributed by atoms with Gasteiger partial charge in [-0.3, -0.25) is 9.59 Å². The number of carbonyl (C=O) groups excluding carboxylic acids is 2. The molecule has 166 valence electrons. The Hall–Kier alpha value is -2.77. The number of ketones is 1. The second kappa shape index (κ2) is 11.6. The maximum atomic E-state index is 13.3.